The molecule has 0 saturated carbocycles. The molecule has 0 amide bonds. The summed E-state index contributed by atoms with van der Waals surface area (Å²) >= 11 is 0. The molecule has 3 aliphatic rings. The van der Waals surface area contributed by atoms with E-state index < -0.39 is 0 Å². The van der Waals surface area contributed by atoms with Gasteiger partial charge in [0.1, 0.15) is 12.0 Å². The van der Waals surface area contributed by atoms with Gasteiger partial charge in [0.2, 0.25) is 0 Å². The lowest BCUT2D eigenvalue weighted by molar-refractivity contribution is 0.660. The number of aromatic nitrogens is 1. The fraction of sp³-hybridized carbons (Fsp3) is 0.111. The Morgan fingerprint density at radius 1 is 0.621 bits per heavy atom. The lowest BCUT2D eigenvalue weighted by Crippen LogP contribution is -2.33. The molecular formula is C54H42N4. The van der Waals surface area contributed by atoms with E-state index in [4.69, 9.17) is 9.98 Å². The van der Waals surface area contributed by atoms with Gasteiger partial charge in [0.25, 0.3) is 0 Å². The summed E-state index contributed by atoms with van der Waals surface area (Å²) in [5.41, 5.74) is 17.1. The lowest BCUT2D eigenvalue weighted by Gasteiger charge is -2.25. The molecule has 7 aromatic carbocycles. The molecule has 0 bridgehead atoms. The molecule has 0 fully saturated rings. The van der Waals surface area contributed by atoms with Crippen LogP contribution in [0.15, 0.2) is 198 Å². The number of nitrogens with zero attached hydrogens (tertiary/aromatic N) is 3. The van der Waals surface area contributed by atoms with Crippen molar-refractivity contribution in [1.82, 2.24) is 9.88 Å². The summed E-state index contributed by atoms with van der Waals surface area (Å²) in [6.45, 7) is 4.70. The molecular weight excluding hydrogens is 705 g/mol. The van der Waals surface area contributed by atoms with Crippen LogP contribution < -0.4 is 5.32 Å². The maximum atomic E-state index is 5.17. The molecule has 0 spiro atoms. The number of nitrogens with one attached hydrogen (secondary N) is 1. The molecule has 1 aromatic heterocycles. The monoisotopic (exact) mass is 746 g/mol. The van der Waals surface area contributed by atoms with Gasteiger partial charge in [-0.05, 0) is 81.1 Å². The molecule has 1 atom stereocenters. The molecule has 8 aromatic rings. The predicted molar refractivity (Wildman–Crippen MR) is 242 cm³/mol. The predicted octanol–water partition coefficient (Wildman–Crippen LogP) is 13.1. The van der Waals surface area contributed by atoms with E-state index in [0.29, 0.717) is 0 Å². The van der Waals surface area contributed by atoms with E-state index in [-0.39, 0.29) is 11.6 Å². The van der Waals surface area contributed by atoms with Crippen LogP contribution in [0, 0.1) is 0 Å². The number of rotatable bonds is 6. The van der Waals surface area contributed by atoms with Gasteiger partial charge in [-0.25, -0.2) is 9.98 Å². The number of hydrogen-bond acceptors (Lipinski definition) is 3. The summed E-state index contributed by atoms with van der Waals surface area (Å²) in [4.78, 5) is 10.2. The van der Waals surface area contributed by atoms with Gasteiger partial charge in [-0.3, -0.25) is 0 Å². The summed E-state index contributed by atoms with van der Waals surface area (Å²) in [7, 11) is 0. The number of fused-ring (bicyclic) bond motifs is 6. The van der Waals surface area contributed by atoms with E-state index in [2.05, 4.69) is 200 Å². The highest BCUT2D eigenvalue weighted by atomic mass is 15.2. The highest BCUT2D eigenvalue weighted by molar-refractivity contribution is 6.14. The van der Waals surface area contributed by atoms with Crippen molar-refractivity contribution in [2.24, 2.45) is 9.98 Å². The molecule has 4 heteroatoms. The molecule has 2 heterocycles. The highest BCUT2D eigenvalue weighted by Crippen LogP contribution is 2.52. The summed E-state index contributed by atoms with van der Waals surface area (Å²) < 4.78 is 2.46. The quantitative estimate of drug-likeness (QED) is 0.181. The number of aliphatic imine (C=N–C) groups is 2. The molecule has 1 unspecified atom stereocenters. The first-order valence-electron chi connectivity index (χ1n) is 20.3. The second-order valence-electron chi connectivity index (χ2n) is 16.1. The van der Waals surface area contributed by atoms with Gasteiger partial charge < -0.3 is 9.88 Å². The van der Waals surface area contributed by atoms with Crippen LogP contribution in [0.25, 0.3) is 60.9 Å². The van der Waals surface area contributed by atoms with Crippen molar-refractivity contribution in [2.75, 3.05) is 0 Å². The molecule has 58 heavy (non-hydrogen) atoms. The van der Waals surface area contributed by atoms with Crippen molar-refractivity contribution in [1.29, 1.82) is 0 Å². The number of para-hydroxylation sites is 2. The Balaban J connectivity index is 1.02. The first-order valence-corrected chi connectivity index (χ1v) is 20.3. The van der Waals surface area contributed by atoms with Gasteiger partial charge in [-0.15, -0.1) is 0 Å². The van der Waals surface area contributed by atoms with Crippen molar-refractivity contribution in [3.05, 3.63) is 210 Å². The summed E-state index contributed by atoms with van der Waals surface area (Å²) in [5, 5.41) is 6.13. The minimum atomic E-state index is -0.259. The van der Waals surface area contributed by atoms with Crippen molar-refractivity contribution in [3.63, 3.8) is 0 Å². The molecule has 0 saturated heterocycles. The van der Waals surface area contributed by atoms with Crippen molar-refractivity contribution in [3.8, 4) is 39.1 Å². The van der Waals surface area contributed by atoms with E-state index in [1.165, 1.54) is 66.3 Å². The fourth-order valence-corrected chi connectivity index (χ4v) is 9.47. The zero-order valence-electron chi connectivity index (χ0n) is 32.7. The normalized spacial score (nSPS) is 16.7. The van der Waals surface area contributed by atoms with E-state index in [9.17, 15) is 0 Å². The van der Waals surface area contributed by atoms with E-state index >= 15 is 0 Å². The average molecular weight is 747 g/mol. The van der Waals surface area contributed by atoms with Gasteiger partial charge in [0.05, 0.1) is 11.0 Å². The van der Waals surface area contributed by atoms with Gasteiger partial charge in [0, 0.05) is 33.0 Å². The van der Waals surface area contributed by atoms with Crippen molar-refractivity contribution < 1.29 is 0 Å². The van der Waals surface area contributed by atoms with Crippen LogP contribution in [-0.4, -0.2) is 16.2 Å². The highest BCUT2D eigenvalue weighted by Gasteiger charge is 2.36. The Hall–Kier alpha value is -7.04. The molecule has 278 valence electrons. The number of hydrogen-bond donors (Lipinski definition) is 1. The van der Waals surface area contributed by atoms with Gasteiger partial charge >= 0.3 is 0 Å². The number of allylic oxidation sites excluding steroid dienone is 3. The molecule has 11 rings (SSSR count). The van der Waals surface area contributed by atoms with Gasteiger partial charge in [0.15, 0.2) is 5.84 Å². The van der Waals surface area contributed by atoms with Crippen molar-refractivity contribution in [2.45, 2.75) is 38.3 Å². The van der Waals surface area contributed by atoms with Crippen LogP contribution in [0.5, 0.6) is 0 Å². The lowest BCUT2D eigenvalue weighted by atomic mass is 9.82. The third-order valence-electron chi connectivity index (χ3n) is 12.3. The zero-order valence-corrected chi connectivity index (χ0v) is 32.7. The van der Waals surface area contributed by atoms with E-state index in [1.807, 2.05) is 6.07 Å². The third kappa shape index (κ3) is 5.51. The van der Waals surface area contributed by atoms with E-state index in [0.717, 1.165) is 46.9 Å². The summed E-state index contributed by atoms with van der Waals surface area (Å²) in [6.07, 6.45) is 8.16. The first-order chi connectivity index (χ1) is 28.5. The summed E-state index contributed by atoms with van der Waals surface area (Å²) in [6, 6.07) is 59.7. The van der Waals surface area contributed by atoms with Gasteiger partial charge in [-0.2, -0.15) is 0 Å². The number of benzene rings is 7. The maximum Gasteiger partial charge on any atom is 0.155 e. The smallest absolute Gasteiger partial charge is 0.155 e. The Labute approximate surface area is 339 Å². The standard InChI is InChI=1S/C54H42N4/c1-54(2)46-27-11-9-23-45(46)49-41(24-15-28-47(49)54)39-20-13-21-40(34-39)58-48-29-12-10-22-43(48)44-26-14-25-42(50(44)58)35-30-32-38(33-31-35)53-56-51(36-16-5-3-6-17-36)55-52(57-53)37-18-7-4-8-19-37/h3-7,9-18,20-34,53H,8,19H2,1-2H3,(H,55,56,57). The van der Waals surface area contributed by atoms with Crippen LogP contribution >= 0.6 is 0 Å². The van der Waals surface area contributed by atoms with Crippen LogP contribution in [0.4, 0.5) is 0 Å². The van der Waals surface area contributed by atoms with Crippen molar-refractivity contribution >= 4 is 33.5 Å². The second kappa shape index (κ2) is 13.6. The van der Waals surface area contributed by atoms with Crippen LogP contribution in [-0.2, 0) is 5.41 Å². The largest absolute Gasteiger partial charge is 0.344 e. The topological polar surface area (TPSA) is 41.7 Å². The third-order valence-corrected chi connectivity index (χ3v) is 12.3. The summed E-state index contributed by atoms with van der Waals surface area (Å²) in [5.74, 6) is 1.65. The maximum absolute atomic E-state index is 5.17. The zero-order chi connectivity index (χ0) is 38.8. The van der Waals surface area contributed by atoms with Crippen LogP contribution in [0.1, 0.15) is 55.1 Å². The second-order valence-corrected chi connectivity index (χ2v) is 16.1. The molecule has 4 nitrogen and oxygen atoms in total. The Kier molecular flexibility index (Phi) is 8.01. The average Bonchev–Trinajstić information content (AvgIpc) is 3.76. The Morgan fingerprint density at radius 3 is 2.19 bits per heavy atom. The number of amidine groups is 2. The fourth-order valence-electron chi connectivity index (χ4n) is 9.47. The van der Waals surface area contributed by atoms with E-state index in [1.54, 1.807) is 0 Å². The molecule has 1 aliphatic heterocycles. The molecule has 2 aliphatic carbocycles. The Bertz CT molecular complexity index is 3050. The van der Waals surface area contributed by atoms with Gasteiger partial charge in [-0.1, -0.05) is 178 Å². The van der Waals surface area contributed by atoms with Crippen LogP contribution in [0.2, 0.25) is 0 Å². The van der Waals surface area contributed by atoms with Crippen LogP contribution in [0.3, 0.4) is 0 Å². The minimum Gasteiger partial charge on any atom is -0.344 e. The Morgan fingerprint density at radius 2 is 1.33 bits per heavy atom. The minimum absolute atomic E-state index is 0.0547. The molecule has 0 radical (unpaired) electrons. The first kappa shape index (κ1) is 34.2. The molecule has 1 N–H and O–H groups in total. The SMILES string of the molecule is CC1(C)c2ccccc2-c2c(-c3cccc(-n4c5ccccc5c5cccc(-c6ccc(C7N=C(C8=CC=CCC8)N=C(c8ccccc8)N7)cc6)c54)c3)cccc21.